The van der Waals surface area contributed by atoms with E-state index in [0.29, 0.717) is 0 Å². The van der Waals surface area contributed by atoms with Gasteiger partial charge in [0.15, 0.2) is 0 Å². The van der Waals surface area contributed by atoms with Crippen LogP contribution >= 0.6 is 0 Å². The first-order valence-electron chi connectivity index (χ1n) is 5.85. The van der Waals surface area contributed by atoms with E-state index in [9.17, 15) is 4.79 Å². The molecule has 0 aromatic heterocycles. The molecule has 0 aromatic rings. The van der Waals surface area contributed by atoms with Gasteiger partial charge in [0.25, 0.3) is 0 Å². The zero-order chi connectivity index (χ0) is 10.0. The molecule has 0 radical (unpaired) electrons. The Morgan fingerprint density at radius 1 is 1.36 bits per heavy atom. The zero-order valence-corrected chi connectivity index (χ0v) is 9.00. The average molecular weight is 196 g/mol. The van der Waals surface area contributed by atoms with Crippen molar-refractivity contribution in [2.75, 3.05) is 0 Å². The van der Waals surface area contributed by atoms with Gasteiger partial charge in [0.1, 0.15) is 12.4 Å². The molecule has 0 spiro atoms. The van der Waals surface area contributed by atoms with Gasteiger partial charge in [-0.15, -0.1) is 0 Å². The number of ether oxygens (including phenoxy) is 1. The van der Waals surface area contributed by atoms with E-state index in [0.717, 1.165) is 37.9 Å². The van der Waals surface area contributed by atoms with E-state index in [4.69, 9.17) is 4.74 Å². The Morgan fingerprint density at radius 3 is 2.71 bits per heavy atom. The first-order valence-corrected chi connectivity index (χ1v) is 5.85. The van der Waals surface area contributed by atoms with Crippen molar-refractivity contribution in [3.63, 3.8) is 0 Å². The van der Waals surface area contributed by atoms with Gasteiger partial charge in [-0.25, -0.2) is 0 Å². The Hall–Kier alpha value is -0.370. The molecule has 1 aliphatic carbocycles. The minimum Gasteiger partial charge on any atom is -0.365 e. The predicted molar refractivity (Wildman–Crippen MR) is 55.2 cm³/mol. The van der Waals surface area contributed by atoms with E-state index in [1.807, 2.05) is 0 Å². The van der Waals surface area contributed by atoms with Gasteiger partial charge in [0.05, 0.1) is 5.60 Å². The summed E-state index contributed by atoms with van der Waals surface area (Å²) in [4.78, 5) is 10.7. The highest BCUT2D eigenvalue weighted by Gasteiger charge is 2.36. The van der Waals surface area contributed by atoms with Crippen LogP contribution in [-0.2, 0) is 9.53 Å². The van der Waals surface area contributed by atoms with Crippen molar-refractivity contribution in [3.8, 4) is 0 Å². The lowest BCUT2D eigenvalue weighted by Gasteiger charge is -2.41. The number of hydrogen-bond acceptors (Lipinski definition) is 2. The third kappa shape index (κ3) is 2.17. The van der Waals surface area contributed by atoms with Crippen molar-refractivity contribution in [1.29, 1.82) is 0 Å². The monoisotopic (exact) mass is 196 g/mol. The minimum absolute atomic E-state index is 0.00505. The molecule has 1 saturated heterocycles. The molecule has 2 atom stereocenters. The first-order chi connectivity index (χ1) is 6.72. The number of rotatable bonds is 3. The predicted octanol–water partition coefficient (Wildman–Crippen LogP) is 2.70. The van der Waals surface area contributed by atoms with Crippen molar-refractivity contribution < 1.29 is 9.53 Å². The van der Waals surface area contributed by atoms with Crippen LogP contribution in [0.25, 0.3) is 0 Å². The highest BCUT2D eigenvalue weighted by Crippen LogP contribution is 2.39. The summed E-state index contributed by atoms with van der Waals surface area (Å²) >= 11 is 0. The summed E-state index contributed by atoms with van der Waals surface area (Å²) < 4.78 is 5.86. The van der Waals surface area contributed by atoms with Crippen molar-refractivity contribution in [2.45, 2.75) is 63.6 Å². The maximum absolute atomic E-state index is 10.7. The van der Waals surface area contributed by atoms with E-state index in [1.54, 1.807) is 0 Å². The third-order valence-corrected chi connectivity index (χ3v) is 3.73. The largest absolute Gasteiger partial charge is 0.365 e. The molecule has 80 valence electrons. The lowest BCUT2D eigenvalue weighted by atomic mass is 9.75. The SMILES string of the molecule is CC1(CC2CCC2)CCCC(C=O)O1. The van der Waals surface area contributed by atoms with Crippen LogP contribution in [-0.4, -0.2) is 18.0 Å². The summed E-state index contributed by atoms with van der Waals surface area (Å²) in [7, 11) is 0. The van der Waals surface area contributed by atoms with E-state index in [1.165, 1.54) is 19.3 Å². The Morgan fingerprint density at radius 2 is 2.14 bits per heavy atom. The summed E-state index contributed by atoms with van der Waals surface area (Å²) in [5.74, 6) is 0.866. The molecule has 14 heavy (non-hydrogen) atoms. The molecule has 2 heteroatoms. The molecule has 0 aromatic carbocycles. The molecule has 2 rings (SSSR count). The normalized spacial score (nSPS) is 39.1. The summed E-state index contributed by atoms with van der Waals surface area (Å²) in [6.45, 7) is 2.18. The number of carbonyl (C=O) groups is 1. The number of carbonyl (C=O) groups excluding carboxylic acids is 1. The van der Waals surface area contributed by atoms with Crippen LogP contribution in [0, 0.1) is 5.92 Å². The number of hydrogen-bond donors (Lipinski definition) is 0. The second-order valence-electron chi connectivity index (χ2n) is 5.14. The van der Waals surface area contributed by atoms with E-state index in [2.05, 4.69) is 6.92 Å². The van der Waals surface area contributed by atoms with Crippen molar-refractivity contribution in [3.05, 3.63) is 0 Å². The Bertz CT molecular complexity index is 210. The van der Waals surface area contributed by atoms with Crippen molar-refractivity contribution >= 4 is 6.29 Å². The van der Waals surface area contributed by atoms with Gasteiger partial charge < -0.3 is 9.53 Å². The molecular formula is C12H20O2. The van der Waals surface area contributed by atoms with Crippen LogP contribution in [0.3, 0.4) is 0 Å². The third-order valence-electron chi connectivity index (χ3n) is 3.73. The average Bonchev–Trinajstić information content (AvgIpc) is 2.12. The molecule has 1 aliphatic heterocycles. The lowest BCUT2D eigenvalue weighted by molar-refractivity contribution is -0.148. The van der Waals surface area contributed by atoms with E-state index >= 15 is 0 Å². The van der Waals surface area contributed by atoms with Gasteiger partial charge >= 0.3 is 0 Å². The molecule has 2 fully saturated rings. The van der Waals surface area contributed by atoms with Crippen molar-refractivity contribution in [1.82, 2.24) is 0 Å². The molecular weight excluding hydrogens is 176 g/mol. The fourth-order valence-corrected chi connectivity index (χ4v) is 2.71. The Balaban J connectivity index is 1.88. The fraction of sp³-hybridized carbons (Fsp3) is 0.917. The molecule has 1 saturated carbocycles. The van der Waals surface area contributed by atoms with Gasteiger partial charge in [0, 0.05) is 0 Å². The standard InChI is InChI=1S/C12H20O2/c1-12(8-10-4-2-5-10)7-3-6-11(9-13)14-12/h9-11H,2-8H2,1H3. The topological polar surface area (TPSA) is 26.3 Å². The van der Waals surface area contributed by atoms with Crippen LogP contribution in [0.15, 0.2) is 0 Å². The number of aldehydes is 1. The quantitative estimate of drug-likeness (QED) is 0.649. The molecule has 0 amide bonds. The van der Waals surface area contributed by atoms with Gasteiger partial charge in [-0.05, 0) is 38.5 Å². The first kappa shape index (κ1) is 10.2. The van der Waals surface area contributed by atoms with Crippen LogP contribution < -0.4 is 0 Å². The second-order valence-corrected chi connectivity index (χ2v) is 5.14. The molecule has 0 bridgehead atoms. The van der Waals surface area contributed by atoms with Crippen LogP contribution in [0.2, 0.25) is 0 Å². The van der Waals surface area contributed by atoms with E-state index < -0.39 is 0 Å². The zero-order valence-electron chi connectivity index (χ0n) is 9.00. The molecule has 2 aliphatic rings. The van der Waals surface area contributed by atoms with Gasteiger partial charge in [-0.1, -0.05) is 19.3 Å². The molecule has 1 heterocycles. The van der Waals surface area contributed by atoms with Crippen LogP contribution in [0.5, 0.6) is 0 Å². The van der Waals surface area contributed by atoms with Gasteiger partial charge in [0.2, 0.25) is 0 Å². The van der Waals surface area contributed by atoms with E-state index in [-0.39, 0.29) is 11.7 Å². The summed E-state index contributed by atoms with van der Waals surface area (Å²) in [6, 6.07) is 0. The highest BCUT2D eigenvalue weighted by molar-refractivity contribution is 5.56. The smallest absolute Gasteiger partial charge is 0.148 e. The summed E-state index contributed by atoms with van der Waals surface area (Å²) in [5, 5.41) is 0. The summed E-state index contributed by atoms with van der Waals surface area (Å²) in [5.41, 5.74) is -0.00505. The lowest BCUT2D eigenvalue weighted by Crippen LogP contribution is -2.41. The molecule has 2 nitrogen and oxygen atoms in total. The van der Waals surface area contributed by atoms with Gasteiger partial charge in [-0.2, -0.15) is 0 Å². The minimum atomic E-state index is -0.131. The molecule has 2 unspecified atom stereocenters. The van der Waals surface area contributed by atoms with Crippen LogP contribution in [0.1, 0.15) is 51.9 Å². The Kier molecular flexibility index (Phi) is 2.91. The highest BCUT2D eigenvalue weighted by atomic mass is 16.5. The van der Waals surface area contributed by atoms with Crippen molar-refractivity contribution in [2.24, 2.45) is 5.92 Å². The fourth-order valence-electron chi connectivity index (χ4n) is 2.71. The van der Waals surface area contributed by atoms with Gasteiger partial charge in [-0.3, -0.25) is 0 Å². The maximum atomic E-state index is 10.7. The second kappa shape index (κ2) is 4.01. The maximum Gasteiger partial charge on any atom is 0.148 e. The Labute approximate surface area is 86.0 Å². The molecule has 0 N–H and O–H groups in total. The summed E-state index contributed by atoms with van der Waals surface area (Å²) in [6.07, 6.45) is 9.32. The van der Waals surface area contributed by atoms with Crippen LogP contribution in [0.4, 0.5) is 0 Å².